The first-order valence-electron chi connectivity index (χ1n) is 8.50. The Labute approximate surface area is 127 Å². The summed E-state index contributed by atoms with van der Waals surface area (Å²) < 4.78 is 6.14. The van der Waals surface area contributed by atoms with Crippen molar-refractivity contribution in [2.75, 3.05) is 6.61 Å². The van der Waals surface area contributed by atoms with Crippen molar-refractivity contribution in [2.45, 2.75) is 63.4 Å². The third-order valence-electron chi connectivity index (χ3n) is 5.24. The number of carbonyl (C=O) groups excluding carboxylic acids is 1. The molecule has 0 bridgehead atoms. The molecule has 1 spiro atoms. The van der Waals surface area contributed by atoms with Gasteiger partial charge >= 0.3 is 0 Å². The zero-order chi connectivity index (χ0) is 14.5. The van der Waals surface area contributed by atoms with Crippen molar-refractivity contribution in [3.05, 3.63) is 35.9 Å². The van der Waals surface area contributed by atoms with E-state index in [-0.39, 0.29) is 5.60 Å². The van der Waals surface area contributed by atoms with E-state index in [1.54, 1.807) is 0 Å². The molecule has 1 heterocycles. The molecule has 1 saturated carbocycles. The van der Waals surface area contributed by atoms with E-state index in [0.29, 0.717) is 18.1 Å². The molecule has 1 aliphatic heterocycles. The van der Waals surface area contributed by atoms with Gasteiger partial charge in [0.1, 0.15) is 0 Å². The maximum absolute atomic E-state index is 12.2. The molecule has 1 aromatic rings. The molecule has 1 aromatic carbocycles. The van der Waals surface area contributed by atoms with Gasteiger partial charge in [0.25, 0.3) is 0 Å². The highest BCUT2D eigenvalue weighted by Gasteiger charge is 2.38. The average molecular weight is 286 g/mol. The van der Waals surface area contributed by atoms with Crippen LogP contribution in [0.2, 0.25) is 0 Å². The number of hydrogen-bond acceptors (Lipinski definition) is 2. The first kappa shape index (κ1) is 14.8. The first-order chi connectivity index (χ1) is 10.3. The second-order valence-electron chi connectivity index (χ2n) is 6.78. The van der Waals surface area contributed by atoms with Crippen LogP contribution in [0.1, 0.15) is 68.1 Å². The Hall–Kier alpha value is -1.15. The van der Waals surface area contributed by atoms with Crippen molar-refractivity contribution in [2.24, 2.45) is 5.92 Å². The quantitative estimate of drug-likeness (QED) is 0.745. The molecule has 21 heavy (non-hydrogen) atoms. The number of carbonyl (C=O) groups is 1. The van der Waals surface area contributed by atoms with Gasteiger partial charge < -0.3 is 4.74 Å². The zero-order valence-corrected chi connectivity index (χ0v) is 12.9. The van der Waals surface area contributed by atoms with Crippen LogP contribution in [-0.2, 0) is 4.74 Å². The lowest BCUT2D eigenvalue weighted by molar-refractivity contribution is -0.118. The molecule has 1 unspecified atom stereocenters. The molecule has 2 heteroatoms. The fourth-order valence-corrected chi connectivity index (χ4v) is 4.02. The Kier molecular flexibility index (Phi) is 4.74. The zero-order valence-electron chi connectivity index (χ0n) is 12.9. The Morgan fingerprint density at radius 2 is 1.90 bits per heavy atom. The maximum Gasteiger partial charge on any atom is 0.162 e. The fraction of sp³-hybridized carbons (Fsp3) is 0.632. The minimum absolute atomic E-state index is 0.164. The van der Waals surface area contributed by atoms with E-state index in [2.05, 4.69) is 0 Å². The van der Waals surface area contributed by atoms with Crippen LogP contribution in [-0.4, -0.2) is 18.0 Å². The maximum atomic E-state index is 12.2. The summed E-state index contributed by atoms with van der Waals surface area (Å²) in [5, 5.41) is 0. The highest BCUT2D eigenvalue weighted by molar-refractivity contribution is 5.95. The minimum Gasteiger partial charge on any atom is -0.375 e. The summed E-state index contributed by atoms with van der Waals surface area (Å²) in [6.45, 7) is 0.893. The summed E-state index contributed by atoms with van der Waals surface area (Å²) in [5.74, 6) is 0.962. The molecule has 0 aromatic heterocycles. The number of rotatable bonds is 4. The monoisotopic (exact) mass is 286 g/mol. The van der Waals surface area contributed by atoms with E-state index in [4.69, 9.17) is 4.74 Å². The molecule has 2 nitrogen and oxygen atoms in total. The number of benzene rings is 1. The summed E-state index contributed by atoms with van der Waals surface area (Å²) >= 11 is 0. The van der Waals surface area contributed by atoms with Gasteiger partial charge in [-0.2, -0.15) is 0 Å². The van der Waals surface area contributed by atoms with Crippen LogP contribution in [0.5, 0.6) is 0 Å². The smallest absolute Gasteiger partial charge is 0.162 e. The van der Waals surface area contributed by atoms with E-state index >= 15 is 0 Å². The third kappa shape index (κ3) is 3.74. The van der Waals surface area contributed by atoms with Gasteiger partial charge in [-0.05, 0) is 38.0 Å². The number of ether oxygens (including phenoxy) is 1. The summed E-state index contributed by atoms with van der Waals surface area (Å²) in [6.07, 6.45) is 10.5. The molecular weight excluding hydrogens is 260 g/mol. The van der Waals surface area contributed by atoms with E-state index in [1.165, 1.54) is 38.5 Å². The lowest BCUT2D eigenvalue weighted by Gasteiger charge is -2.43. The van der Waals surface area contributed by atoms with Crippen molar-refractivity contribution in [1.82, 2.24) is 0 Å². The molecule has 2 fully saturated rings. The van der Waals surface area contributed by atoms with Crippen LogP contribution in [0.3, 0.4) is 0 Å². The highest BCUT2D eigenvalue weighted by Crippen LogP contribution is 2.41. The highest BCUT2D eigenvalue weighted by atomic mass is 16.5. The molecule has 1 atom stereocenters. The molecule has 1 aliphatic carbocycles. The second kappa shape index (κ2) is 6.74. The molecule has 0 radical (unpaired) electrons. The number of Topliss-reactive ketones (excluding diaryl/α,β-unsaturated/α-hetero) is 1. The van der Waals surface area contributed by atoms with E-state index in [0.717, 1.165) is 25.0 Å². The Balaban J connectivity index is 1.52. The molecule has 2 aliphatic rings. The van der Waals surface area contributed by atoms with Crippen molar-refractivity contribution in [3.63, 3.8) is 0 Å². The van der Waals surface area contributed by atoms with Gasteiger partial charge in [0.05, 0.1) is 5.60 Å². The molecule has 1 saturated heterocycles. The lowest BCUT2D eigenvalue weighted by atomic mass is 9.75. The lowest BCUT2D eigenvalue weighted by Crippen LogP contribution is -2.41. The Morgan fingerprint density at radius 1 is 1.14 bits per heavy atom. The van der Waals surface area contributed by atoms with Crippen LogP contribution in [0.15, 0.2) is 30.3 Å². The van der Waals surface area contributed by atoms with Crippen LogP contribution in [0, 0.1) is 5.92 Å². The molecule has 0 amide bonds. The third-order valence-corrected chi connectivity index (χ3v) is 5.24. The largest absolute Gasteiger partial charge is 0.375 e. The van der Waals surface area contributed by atoms with Crippen molar-refractivity contribution in [1.29, 1.82) is 0 Å². The van der Waals surface area contributed by atoms with Gasteiger partial charge in [0.2, 0.25) is 0 Å². The summed E-state index contributed by atoms with van der Waals surface area (Å²) in [6, 6.07) is 9.70. The van der Waals surface area contributed by atoms with Gasteiger partial charge in [-0.1, -0.05) is 49.6 Å². The van der Waals surface area contributed by atoms with Crippen molar-refractivity contribution < 1.29 is 9.53 Å². The van der Waals surface area contributed by atoms with Gasteiger partial charge in [0.15, 0.2) is 5.78 Å². The van der Waals surface area contributed by atoms with Crippen molar-refractivity contribution >= 4 is 5.78 Å². The molecular formula is C19H26O2. The summed E-state index contributed by atoms with van der Waals surface area (Å²) in [5.41, 5.74) is 1.02. The average Bonchev–Trinajstić information content (AvgIpc) is 2.54. The molecule has 0 N–H and O–H groups in total. The molecule has 3 rings (SSSR count). The van der Waals surface area contributed by atoms with Gasteiger partial charge in [0, 0.05) is 18.6 Å². The number of hydrogen-bond donors (Lipinski definition) is 0. The standard InChI is InChI=1S/C19H26O2/c20-18(17-7-3-1-4-8-17)10-9-16-11-14-21-19(15-16)12-5-2-6-13-19/h1,3-4,7-8,16H,2,5-6,9-15H2. The predicted molar refractivity (Wildman–Crippen MR) is 84.5 cm³/mol. The minimum atomic E-state index is 0.164. The predicted octanol–water partition coefficient (Wildman–Crippen LogP) is 4.78. The van der Waals surface area contributed by atoms with Gasteiger partial charge in [-0.15, -0.1) is 0 Å². The van der Waals surface area contributed by atoms with Gasteiger partial charge in [-0.25, -0.2) is 0 Å². The summed E-state index contributed by atoms with van der Waals surface area (Å²) in [7, 11) is 0. The van der Waals surface area contributed by atoms with E-state index in [1.807, 2.05) is 30.3 Å². The van der Waals surface area contributed by atoms with Crippen molar-refractivity contribution in [3.8, 4) is 0 Å². The second-order valence-corrected chi connectivity index (χ2v) is 6.78. The topological polar surface area (TPSA) is 26.3 Å². The van der Waals surface area contributed by atoms with E-state index in [9.17, 15) is 4.79 Å². The fourth-order valence-electron chi connectivity index (χ4n) is 4.02. The van der Waals surface area contributed by atoms with Gasteiger partial charge in [-0.3, -0.25) is 4.79 Å². The summed E-state index contributed by atoms with van der Waals surface area (Å²) in [4.78, 5) is 12.2. The van der Waals surface area contributed by atoms with Crippen LogP contribution in [0.4, 0.5) is 0 Å². The normalized spacial score (nSPS) is 24.9. The van der Waals surface area contributed by atoms with Crippen LogP contribution in [0.25, 0.3) is 0 Å². The van der Waals surface area contributed by atoms with Crippen LogP contribution < -0.4 is 0 Å². The Morgan fingerprint density at radius 3 is 2.67 bits per heavy atom. The molecule has 114 valence electrons. The first-order valence-corrected chi connectivity index (χ1v) is 8.50. The van der Waals surface area contributed by atoms with E-state index < -0.39 is 0 Å². The SMILES string of the molecule is O=C(CCC1CCOC2(CCCCC2)C1)c1ccccc1. The number of ketones is 1. The Bertz CT molecular complexity index is 454. The van der Waals surface area contributed by atoms with Crippen LogP contribution >= 0.6 is 0 Å².